The lowest BCUT2D eigenvalue weighted by atomic mass is 10.1. The van der Waals surface area contributed by atoms with Crippen LogP contribution in [0.1, 0.15) is 60.8 Å². The number of rotatable bonds is 6. The third-order valence-electron chi connectivity index (χ3n) is 5.79. The Morgan fingerprint density at radius 1 is 1.14 bits per heavy atom. The van der Waals surface area contributed by atoms with Gasteiger partial charge in [-0.15, -0.1) is 11.3 Å². The van der Waals surface area contributed by atoms with Gasteiger partial charge >= 0.3 is 0 Å². The van der Waals surface area contributed by atoms with E-state index in [9.17, 15) is 14.0 Å². The van der Waals surface area contributed by atoms with Crippen LogP contribution in [0.4, 0.5) is 4.39 Å². The predicted octanol–water partition coefficient (Wildman–Crippen LogP) is 3.43. The summed E-state index contributed by atoms with van der Waals surface area (Å²) in [6, 6.07) is 7.93. The summed E-state index contributed by atoms with van der Waals surface area (Å²) < 4.78 is 13.4. The maximum atomic E-state index is 13.4. The van der Waals surface area contributed by atoms with Crippen molar-refractivity contribution in [1.29, 1.82) is 0 Å². The Balaban J connectivity index is 1.24. The van der Waals surface area contributed by atoms with Gasteiger partial charge in [-0.1, -0.05) is 12.1 Å². The normalized spacial score (nSPS) is 14.5. The van der Waals surface area contributed by atoms with E-state index in [2.05, 4.69) is 41.8 Å². The molecular weight excluding hydrogens is 469 g/mol. The smallest absolute Gasteiger partial charge is 0.270 e. The molecule has 0 fully saturated rings. The fourth-order valence-electron chi connectivity index (χ4n) is 3.99. The number of thiophene rings is 1. The molecule has 3 aromatic heterocycles. The number of aromatic nitrogens is 5. The molecule has 0 spiro atoms. The van der Waals surface area contributed by atoms with E-state index in [4.69, 9.17) is 0 Å². The van der Waals surface area contributed by atoms with Gasteiger partial charge in [0, 0.05) is 17.5 Å². The second-order valence-electron chi connectivity index (χ2n) is 8.36. The second-order valence-corrected chi connectivity index (χ2v) is 9.45. The zero-order valence-corrected chi connectivity index (χ0v) is 19.9. The molecule has 1 aliphatic rings. The van der Waals surface area contributed by atoms with E-state index in [-0.39, 0.29) is 35.7 Å². The number of aromatic amines is 1. The molecule has 1 atom stereocenters. The van der Waals surface area contributed by atoms with Gasteiger partial charge in [-0.2, -0.15) is 5.10 Å². The van der Waals surface area contributed by atoms with Gasteiger partial charge in [-0.25, -0.2) is 19.3 Å². The van der Waals surface area contributed by atoms with Gasteiger partial charge in [0.15, 0.2) is 5.82 Å². The summed E-state index contributed by atoms with van der Waals surface area (Å²) in [7, 11) is 0. The van der Waals surface area contributed by atoms with Gasteiger partial charge in [-0.05, 0) is 55.5 Å². The van der Waals surface area contributed by atoms with Crippen molar-refractivity contribution in [1.82, 2.24) is 35.8 Å². The van der Waals surface area contributed by atoms with E-state index in [0.29, 0.717) is 11.4 Å². The Bertz CT molecular complexity index is 1430. The molecule has 0 unspecified atom stereocenters. The molecule has 0 bridgehead atoms. The molecule has 11 heteroatoms. The molecule has 1 aliphatic carbocycles. The Hall–Kier alpha value is -3.99. The summed E-state index contributed by atoms with van der Waals surface area (Å²) in [5.74, 6) is 0.269. The maximum absolute atomic E-state index is 13.4. The van der Waals surface area contributed by atoms with Gasteiger partial charge in [0.25, 0.3) is 11.8 Å². The molecule has 2 amide bonds. The number of carbonyl (C=O) groups excluding carboxylic acids is 2. The molecule has 3 N–H and O–H groups in total. The van der Waals surface area contributed by atoms with Gasteiger partial charge < -0.3 is 10.6 Å². The third kappa shape index (κ3) is 4.80. The first-order valence-electron chi connectivity index (χ1n) is 11.1. The van der Waals surface area contributed by atoms with Crippen molar-refractivity contribution in [2.75, 3.05) is 0 Å². The maximum Gasteiger partial charge on any atom is 0.270 e. The quantitative estimate of drug-likeness (QED) is 0.379. The Morgan fingerprint density at radius 3 is 2.69 bits per heavy atom. The van der Waals surface area contributed by atoms with Gasteiger partial charge in [0.1, 0.15) is 29.4 Å². The average Bonchev–Trinajstić information content (AvgIpc) is 3.56. The van der Waals surface area contributed by atoms with Crippen LogP contribution in [0.15, 0.2) is 36.7 Å². The number of amides is 2. The minimum absolute atomic E-state index is 0.0782. The van der Waals surface area contributed by atoms with Crippen LogP contribution < -0.4 is 10.6 Å². The van der Waals surface area contributed by atoms with Gasteiger partial charge in [0.05, 0.1) is 10.9 Å². The molecule has 4 aromatic rings. The highest BCUT2D eigenvalue weighted by Crippen LogP contribution is 2.40. The summed E-state index contributed by atoms with van der Waals surface area (Å²) >= 11 is 1.57. The van der Waals surface area contributed by atoms with Crippen molar-refractivity contribution in [3.05, 3.63) is 81.3 Å². The van der Waals surface area contributed by atoms with Crippen LogP contribution in [0.2, 0.25) is 0 Å². The minimum atomic E-state index is -0.448. The van der Waals surface area contributed by atoms with Crippen molar-refractivity contribution in [3.63, 3.8) is 0 Å². The van der Waals surface area contributed by atoms with Crippen LogP contribution in [0.25, 0.3) is 10.7 Å². The van der Waals surface area contributed by atoms with Crippen molar-refractivity contribution < 1.29 is 14.0 Å². The van der Waals surface area contributed by atoms with E-state index in [0.717, 1.165) is 34.0 Å². The van der Waals surface area contributed by atoms with Crippen LogP contribution in [0, 0.1) is 19.7 Å². The van der Waals surface area contributed by atoms with E-state index >= 15 is 0 Å². The molecule has 0 saturated heterocycles. The number of hydrogen-bond donors (Lipinski definition) is 3. The van der Waals surface area contributed by atoms with Crippen molar-refractivity contribution >= 4 is 23.2 Å². The highest BCUT2D eigenvalue weighted by molar-refractivity contribution is 7.15. The number of nitrogens with one attached hydrogen (secondary N) is 3. The zero-order chi connectivity index (χ0) is 24.5. The summed E-state index contributed by atoms with van der Waals surface area (Å²) in [5, 5.41) is 12.8. The monoisotopic (exact) mass is 491 g/mol. The Labute approximate surface area is 204 Å². The highest BCUT2D eigenvalue weighted by Gasteiger charge is 2.28. The van der Waals surface area contributed by atoms with E-state index in [1.54, 1.807) is 30.4 Å². The molecule has 9 nitrogen and oxygen atoms in total. The molecule has 5 rings (SSSR count). The average molecular weight is 492 g/mol. The molecular formula is C24H22FN7O2S. The number of H-pyrrole nitrogens is 1. The Morgan fingerprint density at radius 2 is 1.94 bits per heavy atom. The summed E-state index contributed by atoms with van der Waals surface area (Å²) in [6.45, 7) is 3.72. The van der Waals surface area contributed by atoms with E-state index in [1.165, 1.54) is 24.0 Å². The predicted molar refractivity (Wildman–Crippen MR) is 127 cm³/mol. The summed E-state index contributed by atoms with van der Waals surface area (Å²) in [6.07, 6.45) is 2.83. The number of fused-ring (bicyclic) bond motifs is 1. The molecule has 35 heavy (non-hydrogen) atoms. The first kappa shape index (κ1) is 22.8. The minimum Gasteiger partial charge on any atom is -0.347 e. The summed E-state index contributed by atoms with van der Waals surface area (Å²) in [4.78, 5) is 40.0. The Kier molecular flexibility index (Phi) is 6.08. The standard InChI is InChI=1S/C24H22FN7O2S/c1-12-7-14(3-5-16(12)25)10-26-23(33)18-9-19(28-11-27-18)24(34)30-17-6-4-15-8-20(35-21(15)17)22-29-13(2)31-32-22/h3,5,7-9,11,17H,4,6,10H2,1-2H3,(H,26,33)(H,30,34)(H,29,31,32)/t17-/m0/s1. The zero-order valence-electron chi connectivity index (χ0n) is 19.1. The first-order valence-corrected chi connectivity index (χ1v) is 11.9. The number of aryl methyl sites for hydroxylation is 3. The SMILES string of the molecule is Cc1nc(-c2cc3c(s2)[C@@H](NC(=O)c2cc(C(=O)NCc4ccc(F)c(C)c4)ncn2)CC3)n[nH]1. The van der Waals surface area contributed by atoms with E-state index < -0.39 is 5.91 Å². The molecule has 3 heterocycles. The molecule has 1 aromatic carbocycles. The van der Waals surface area contributed by atoms with Crippen LogP contribution in [-0.2, 0) is 13.0 Å². The number of carbonyl (C=O) groups is 2. The fourth-order valence-corrected chi connectivity index (χ4v) is 5.22. The van der Waals surface area contributed by atoms with Crippen molar-refractivity contribution in [3.8, 4) is 10.7 Å². The van der Waals surface area contributed by atoms with Crippen molar-refractivity contribution in [2.24, 2.45) is 0 Å². The first-order chi connectivity index (χ1) is 16.9. The second kappa shape index (κ2) is 9.34. The van der Waals surface area contributed by atoms with E-state index in [1.807, 2.05) is 6.92 Å². The number of halogens is 1. The topological polar surface area (TPSA) is 126 Å². The third-order valence-corrected chi connectivity index (χ3v) is 7.08. The fraction of sp³-hybridized carbons (Fsp3) is 0.250. The van der Waals surface area contributed by atoms with Gasteiger partial charge in [-0.3, -0.25) is 14.7 Å². The van der Waals surface area contributed by atoms with Crippen LogP contribution in [0.3, 0.4) is 0 Å². The molecule has 0 saturated carbocycles. The van der Waals surface area contributed by atoms with Crippen LogP contribution in [0.5, 0.6) is 0 Å². The summed E-state index contributed by atoms with van der Waals surface area (Å²) in [5.41, 5.74) is 2.63. The molecule has 0 radical (unpaired) electrons. The largest absolute Gasteiger partial charge is 0.347 e. The van der Waals surface area contributed by atoms with Crippen LogP contribution in [-0.4, -0.2) is 37.0 Å². The van der Waals surface area contributed by atoms with Crippen LogP contribution >= 0.6 is 11.3 Å². The lowest BCUT2D eigenvalue weighted by Crippen LogP contribution is -2.29. The lowest BCUT2D eigenvalue weighted by Gasteiger charge is -2.12. The molecule has 178 valence electrons. The highest BCUT2D eigenvalue weighted by atomic mass is 32.1. The number of benzene rings is 1. The lowest BCUT2D eigenvalue weighted by molar-refractivity contribution is 0.0932. The van der Waals surface area contributed by atoms with Crippen molar-refractivity contribution in [2.45, 2.75) is 39.3 Å². The number of hydrogen-bond acceptors (Lipinski definition) is 7. The number of nitrogens with zero attached hydrogens (tertiary/aromatic N) is 4. The van der Waals surface area contributed by atoms with Gasteiger partial charge in [0.2, 0.25) is 0 Å². The molecule has 0 aliphatic heterocycles.